The van der Waals surface area contributed by atoms with E-state index in [1.54, 1.807) is 4.90 Å². The number of alkyl halides is 3. The van der Waals surface area contributed by atoms with Crippen LogP contribution >= 0.6 is 0 Å². The van der Waals surface area contributed by atoms with Gasteiger partial charge in [-0.05, 0) is 17.7 Å². The smallest absolute Gasteiger partial charge is 0.416 e. The quantitative estimate of drug-likeness (QED) is 0.262. The largest absolute Gasteiger partial charge is 0.419 e. The lowest BCUT2D eigenvalue weighted by Crippen LogP contribution is -2.47. The second-order valence-electron chi connectivity index (χ2n) is 10.0. The van der Waals surface area contributed by atoms with Crippen molar-refractivity contribution in [2.45, 2.75) is 6.18 Å². The van der Waals surface area contributed by atoms with Crippen LogP contribution in [0.2, 0.25) is 0 Å². The van der Waals surface area contributed by atoms with Crippen LogP contribution in [-0.2, 0) is 15.8 Å². The highest BCUT2D eigenvalue weighted by Crippen LogP contribution is 2.46. The van der Waals surface area contributed by atoms with Gasteiger partial charge in [-0.3, -0.25) is 4.90 Å². The molecule has 2 aromatic carbocycles. The van der Waals surface area contributed by atoms with E-state index in [2.05, 4.69) is 4.98 Å². The first kappa shape index (κ1) is 29.8. The molecule has 1 saturated heterocycles. The minimum Gasteiger partial charge on any atom is -0.419 e. The maximum atomic E-state index is 13.9. The van der Waals surface area contributed by atoms with Gasteiger partial charge in [-0.2, -0.15) is 13.2 Å². The van der Waals surface area contributed by atoms with Gasteiger partial charge in [0.1, 0.15) is 0 Å². The molecule has 4 aromatic rings. The van der Waals surface area contributed by atoms with Crippen LogP contribution in [0.5, 0.6) is 11.5 Å². The van der Waals surface area contributed by atoms with Crippen LogP contribution in [0.4, 0.5) is 19.0 Å². The molecule has 0 atom stereocenters. The summed E-state index contributed by atoms with van der Waals surface area (Å²) < 4.78 is 63.7. The van der Waals surface area contributed by atoms with Crippen molar-refractivity contribution in [1.82, 2.24) is 9.88 Å². The normalized spacial score (nSPS) is 16.5. The number of benzene rings is 2. The Bertz CT molecular complexity index is 2030. The zero-order valence-corrected chi connectivity index (χ0v) is 23.1. The maximum Gasteiger partial charge on any atom is 0.416 e. The lowest BCUT2D eigenvalue weighted by Gasteiger charge is -2.35. The number of hydrogen-bond donors (Lipinski definition) is 1. The minimum atomic E-state index is -4.75. The van der Waals surface area contributed by atoms with Gasteiger partial charge in [-0.1, -0.05) is 12.1 Å². The molecule has 2 aliphatic rings. The molecule has 0 aliphatic carbocycles. The Balaban J connectivity index is 1.79. The van der Waals surface area contributed by atoms with Gasteiger partial charge in [0.05, 0.1) is 23.1 Å². The summed E-state index contributed by atoms with van der Waals surface area (Å²) in [6.07, 6.45) is -3.15. The highest BCUT2D eigenvalue weighted by molar-refractivity contribution is 6.15. The van der Waals surface area contributed by atoms with Crippen molar-refractivity contribution in [2.75, 3.05) is 44.2 Å². The molecule has 6 rings (SSSR count). The van der Waals surface area contributed by atoms with Gasteiger partial charge in [0.2, 0.25) is 5.75 Å². The fraction of sp³-hybridized carbons (Fsp3) is 0.233. The Morgan fingerprint density at radius 1 is 0.844 bits per heavy atom. The predicted octanol–water partition coefficient (Wildman–Crippen LogP) is 3.04. The molecule has 45 heavy (non-hydrogen) atoms. The van der Waals surface area contributed by atoms with Gasteiger partial charge in [-0.15, -0.1) is 0 Å². The summed E-state index contributed by atoms with van der Waals surface area (Å²) in [5.74, 6) is -2.82. The molecule has 0 radical (unpaired) electrons. The summed E-state index contributed by atoms with van der Waals surface area (Å²) in [4.78, 5) is 59.0. The molecule has 4 heterocycles. The first-order valence-electron chi connectivity index (χ1n) is 13.6. The molecule has 2 aliphatic heterocycles. The van der Waals surface area contributed by atoms with E-state index in [4.69, 9.17) is 18.3 Å². The minimum absolute atomic E-state index is 0.0468. The van der Waals surface area contributed by atoms with Gasteiger partial charge in [0.15, 0.2) is 22.7 Å². The predicted molar refractivity (Wildman–Crippen MR) is 152 cm³/mol. The molecule has 1 fully saturated rings. The van der Waals surface area contributed by atoms with E-state index < -0.39 is 46.3 Å². The van der Waals surface area contributed by atoms with Crippen molar-refractivity contribution < 1.29 is 46.2 Å². The second-order valence-corrected chi connectivity index (χ2v) is 10.0. The number of esters is 2. The van der Waals surface area contributed by atoms with Crippen molar-refractivity contribution >= 4 is 39.8 Å². The first-order chi connectivity index (χ1) is 21.5. The number of anilines is 1. The highest BCUT2D eigenvalue weighted by Gasteiger charge is 2.33. The zero-order valence-electron chi connectivity index (χ0n) is 23.1. The molecular formula is C30H22F3N3O9. The van der Waals surface area contributed by atoms with Crippen LogP contribution < -0.4 is 25.6 Å². The molecular weight excluding hydrogens is 603 g/mol. The summed E-state index contributed by atoms with van der Waals surface area (Å²) in [6.45, 7) is 1.95. The third kappa shape index (κ3) is 5.94. The number of aliphatic hydroxyl groups is 1. The third-order valence-electron chi connectivity index (χ3n) is 7.18. The average Bonchev–Trinajstić information content (AvgIpc) is 2.99. The van der Waals surface area contributed by atoms with Crippen molar-refractivity contribution in [2.24, 2.45) is 0 Å². The van der Waals surface area contributed by atoms with E-state index in [0.29, 0.717) is 32.7 Å². The number of ether oxygens (including phenoxy) is 2. The fourth-order valence-electron chi connectivity index (χ4n) is 5.17. The molecule has 15 heteroatoms. The molecule has 2 bridgehead atoms. The molecule has 0 unspecified atom stereocenters. The molecule has 0 spiro atoms. The third-order valence-corrected chi connectivity index (χ3v) is 7.18. The number of piperazine rings is 1. The zero-order chi connectivity index (χ0) is 31.9. The summed E-state index contributed by atoms with van der Waals surface area (Å²) in [6, 6.07) is 6.90. The van der Waals surface area contributed by atoms with Crippen LogP contribution in [0.1, 0.15) is 5.56 Å². The van der Waals surface area contributed by atoms with Gasteiger partial charge < -0.3 is 28.3 Å². The number of nitrogens with zero attached hydrogens (tertiary/aromatic N) is 3. The Hall–Kier alpha value is -5.28. The van der Waals surface area contributed by atoms with E-state index in [0.717, 1.165) is 42.5 Å². The number of aromatic nitrogens is 1. The highest BCUT2D eigenvalue weighted by atomic mass is 19.4. The molecule has 0 saturated carbocycles. The Kier molecular flexibility index (Phi) is 7.72. The first-order valence-corrected chi connectivity index (χ1v) is 13.6. The monoisotopic (exact) mass is 625 g/mol. The number of carbonyl (C=O) groups is 2. The number of carbonyl (C=O) groups excluding carboxylic acids is 2. The summed E-state index contributed by atoms with van der Waals surface area (Å²) >= 11 is 0. The summed E-state index contributed by atoms with van der Waals surface area (Å²) in [7, 11) is 0. The van der Waals surface area contributed by atoms with Gasteiger partial charge in [0, 0.05) is 68.6 Å². The van der Waals surface area contributed by atoms with Gasteiger partial charge in [0.25, 0.3) is 0 Å². The topological polar surface area (TPSA) is 153 Å². The SMILES string of the molecule is O=C1/C=C\C(=O)Oc2c(cc3nc(N4CCN(CCO)CC4)c4oc(=O)ccc(=O)oc2c3c4-c2cccc(C(F)(F)F)c2)O1. The summed E-state index contributed by atoms with van der Waals surface area (Å²) in [5, 5.41) is 9.20. The average molecular weight is 626 g/mol. The Morgan fingerprint density at radius 2 is 1.51 bits per heavy atom. The van der Waals surface area contributed by atoms with Crippen molar-refractivity contribution in [3.63, 3.8) is 0 Å². The standard InChI is InChI=1S/C30H22F3N3O9/c31-30(32,33)17-3-1-2-16(14-17)24-25-18-15-19-26(43-21(39)5-4-20(38)42-19)27(25)44-22(40)6-7-23(41)45-28(24)29(34-18)36-10-8-35(9-11-36)12-13-37/h1-7,14-15,37H,8-13H2/b5-4-,7-6?. The van der Waals surface area contributed by atoms with Gasteiger partial charge >= 0.3 is 29.4 Å². The van der Waals surface area contributed by atoms with Crippen LogP contribution in [0, 0.1) is 0 Å². The lowest BCUT2D eigenvalue weighted by atomic mass is 9.97. The molecule has 12 nitrogen and oxygen atoms in total. The van der Waals surface area contributed by atoms with E-state index in [-0.39, 0.29) is 45.8 Å². The molecule has 0 amide bonds. The van der Waals surface area contributed by atoms with Crippen LogP contribution in [0.3, 0.4) is 0 Å². The maximum absolute atomic E-state index is 13.9. The van der Waals surface area contributed by atoms with Crippen molar-refractivity contribution in [3.8, 4) is 22.6 Å². The fourth-order valence-corrected chi connectivity index (χ4v) is 5.17. The molecule has 232 valence electrons. The van der Waals surface area contributed by atoms with Crippen molar-refractivity contribution in [1.29, 1.82) is 0 Å². The Labute approximate surface area is 250 Å². The molecule has 1 N–H and O–H groups in total. The van der Waals surface area contributed by atoms with Gasteiger partial charge in [-0.25, -0.2) is 24.2 Å². The van der Waals surface area contributed by atoms with Crippen molar-refractivity contribution in [3.05, 3.63) is 81.0 Å². The Morgan fingerprint density at radius 3 is 2.18 bits per heavy atom. The van der Waals surface area contributed by atoms with E-state index in [1.165, 1.54) is 12.1 Å². The number of β-amino-alcohol motifs (C(OH)–C–C–N with tert-alkyl or cyclic N) is 1. The lowest BCUT2D eigenvalue weighted by molar-refractivity contribution is -0.137. The second kappa shape index (κ2) is 11.7. The van der Waals surface area contributed by atoms with E-state index in [1.807, 2.05) is 4.90 Å². The van der Waals surface area contributed by atoms with E-state index >= 15 is 0 Å². The number of fused-ring (bicyclic) bond motifs is 3. The number of hydrogen-bond acceptors (Lipinski definition) is 12. The number of rotatable bonds is 4. The van der Waals surface area contributed by atoms with Crippen LogP contribution in [-0.4, -0.2) is 66.3 Å². The van der Waals surface area contributed by atoms with Crippen LogP contribution in [0.15, 0.2) is 73.0 Å². The summed E-state index contributed by atoms with van der Waals surface area (Å²) in [5.41, 5.74) is -4.24. The number of aliphatic hydroxyl groups excluding tert-OH is 1. The number of halogens is 3. The number of pyridine rings is 1. The van der Waals surface area contributed by atoms with Crippen LogP contribution in [0.25, 0.3) is 33.2 Å². The molecule has 2 aromatic heterocycles. The van der Waals surface area contributed by atoms with E-state index in [9.17, 15) is 37.5 Å².